The molecule has 3 rings (SSSR count). The minimum Gasteiger partial charge on any atom is -0.546 e. The summed E-state index contributed by atoms with van der Waals surface area (Å²) in [4.78, 5) is 23.0. The minimum atomic E-state index is -1.42. The normalized spacial score (nSPS) is 11.2. The van der Waals surface area contributed by atoms with Crippen LogP contribution in [-0.2, 0) is 4.79 Å². The van der Waals surface area contributed by atoms with Crippen molar-refractivity contribution in [1.29, 1.82) is 0 Å². The van der Waals surface area contributed by atoms with Crippen molar-refractivity contribution in [1.82, 2.24) is 0 Å². The van der Waals surface area contributed by atoms with Gasteiger partial charge in [-0.1, -0.05) is 65.5 Å². The lowest BCUT2D eigenvalue weighted by Crippen LogP contribution is -2.50. The quantitative estimate of drug-likeness (QED) is 0.203. The molecular formula is C33H47NO7. The summed E-state index contributed by atoms with van der Waals surface area (Å²) in [5, 5.41) is 29.7. The Balaban J connectivity index is 0.000000307. The molecule has 0 saturated carbocycles. The number of unbranched alkanes of at least 4 members (excludes halogenated alkanes) is 4. The second-order valence-electron chi connectivity index (χ2n) is 10.7. The fourth-order valence-corrected chi connectivity index (χ4v) is 4.92. The molecule has 0 aliphatic heterocycles. The number of carbonyl (C=O) groups excluding carboxylic acids is 1. The number of phenols is 2. The second kappa shape index (κ2) is 17.3. The number of nitrogens with zero attached hydrogens (tertiary/aromatic N) is 1. The van der Waals surface area contributed by atoms with Crippen LogP contribution in [0.3, 0.4) is 0 Å². The summed E-state index contributed by atoms with van der Waals surface area (Å²) < 4.78 is 11.7. The first kappa shape index (κ1) is 33.7. The van der Waals surface area contributed by atoms with Gasteiger partial charge in [0.1, 0.15) is 41.1 Å². The molecule has 0 bridgehead atoms. The van der Waals surface area contributed by atoms with E-state index in [0.717, 1.165) is 6.07 Å². The number of aliphatic carboxylic acids is 1. The second-order valence-corrected chi connectivity index (χ2v) is 10.7. The van der Waals surface area contributed by atoms with Crippen LogP contribution >= 0.6 is 0 Å². The van der Waals surface area contributed by atoms with Gasteiger partial charge in [-0.25, -0.2) is 0 Å². The van der Waals surface area contributed by atoms with E-state index in [9.17, 15) is 24.9 Å². The monoisotopic (exact) mass is 569 g/mol. The molecule has 0 unspecified atom stereocenters. The third-order valence-corrected chi connectivity index (χ3v) is 7.31. The number of hydrogen-bond acceptors (Lipinski definition) is 7. The maximum atomic E-state index is 12.6. The SMILES string of the molecule is CCCC[N+](CCCC)(CCCC)CCCC.O=C([O-])COc1cc(O)c2c(=O)c(-c3ccc(O)cc3)coc2c1. The fraction of sp³-hybridized carbons (Fsp3) is 0.515. The number of fused-ring (bicyclic) bond motifs is 1. The Morgan fingerprint density at radius 1 is 0.854 bits per heavy atom. The number of aromatic hydroxyl groups is 2. The zero-order valence-electron chi connectivity index (χ0n) is 25.1. The summed E-state index contributed by atoms with van der Waals surface area (Å²) in [6, 6.07) is 8.37. The van der Waals surface area contributed by atoms with Gasteiger partial charge in [-0.3, -0.25) is 4.79 Å². The first-order valence-corrected chi connectivity index (χ1v) is 15.0. The maximum absolute atomic E-state index is 12.6. The molecular weight excluding hydrogens is 522 g/mol. The molecule has 3 aromatic rings. The molecule has 0 saturated heterocycles. The number of carboxylic acids is 1. The topological polar surface area (TPSA) is 120 Å². The van der Waals surface area contributed by atoms with Crippen LogP contribution in [-0.4, -0.2) is 53.5 Å². The van der Waals surface area contributed by atoms with Crippen LogP contribution in [0.1, 0.15) is 79.1 Å². The number of phenolic OH excluding ortho intramolecular Hbond substituents is 2. The average Bonchev–Trinajstić information content (AvgIpc) is 2.96. The van der Waals surface area contributed by atoms with E-state index in [0.29, 0.717) is 5.56 Å². The minimum absolute atomic E-state index is 0.0322. The van der Waals surface area contributed by atoms with E-state index >= 15 is 0 Å². The number of carbonyl (C=O) groups is 1. The molecule has 41 heavy (non-hydrogen) atoms. The van der Waals surface area contributed by atoms with Crippen molar-refractivity contribution in [2.75, 3.05) is 32.8 Å². The van der Waals surface area contributed by atoms with Crippen molar-refractivity contribution in [3.63, 3.8) is 0 Å². The van der Waals surface area contributed by atoms with Gasteiger partial charge in [0, 0.05) is 12.1 Å². The number of carboxylic acid groups (broad SMARTS) is 1. The summed E-state index contributed by atoms with van der Waals surface area (Å²) in [6.07, 6.45) is 12.3. The predicted molar refractivity (Wildman–Crippen MR) is 161 cm³/mol. The molecule has 8 nitrogen and oxygen atoms in total. The molecule has 0 atom stereocenters. The molecule has 2 aromatic carbocycles. The van der Waals surface area contributed by atoms with Crippen LogP contribution < -0.4 is 15.3 Å². The van der Waals surface area contributed by atoms with Gasteiger partial charge in [-0.05, 0) is 43.4 Å². The Labute approximate surface area is 243 Å². The maximum Gasteiger partial charge on any atom is 0.204 e. The first-order valence-electron chi connectivity index (χ1n) is 15.0. The van der Waals surface area contributed by atoms with Gasteiger partial charge < -0.3 is 33.8 Å². The molecule has 0 amide bonds. The Kier molecular flexibility index (Phi) is 14.2. The lowest BCUT2D eigenvalue weighted by molar-refractivity contribution is -0.929. The van der Waals surface area contributed by atoms with Crippen LogP contribution in [0.5, 0.6) is 17.2 Å². The number of ether oxygens (including phenoxy) is 1. The summed E-state index contributed by atoms with van der Waals surface area (Å²) >= 11 is 0. The summed E-state index contributed by atoms with van der Waals surface area (Å²) in [5.74, 6) is -1.72. The van der Waals surface area contributed by atoms with Crippen molar-refractivity contribution >= 4 is 16.9 Å². The molecule has 2 N–H and O–H groups in total. The van der Waals surface area contributed by atoms with E-state index in [2.05, 4.69) is 27.7 Å². The van der Waals surface area contributed by atoms with Crippen LogP contribution in [0.4, 0.5) is 0 Å². The highest BCUT2D eigenvalue weighted by Gasteiger charge is 2.24. The number of benzene rings is 2. The number of rotatable bonds is 16. The van der Waals surface area contributed by atoms with Gasteiger partial charge in [-0.2, -0.15) is 0 Å². The molecule has 1 heterocycles. The third kappa shape index (κ3) is 10.4. The van der Waals surface area contributed by atoms with E-state index in [-0.39, 0.29) is 28.0 Å². The van der Waals surface area contributed by atoms with Crippen molar-refractivity contribution in [2.45, 2.75) is 79.1 Å². The Morgan fingerprint density at radius 3 is 1.83 bits per heavy atom. The van der Waals surface area contributed by atoms with E-state index in [1.54, 1.807) is 12.1 Å². The molecule has 0 radical (unpaired) electrons. The largest absolute Gasteiger partial charge is 0.546 e. The number of quaternary nitrogens is 1. The third-order valence-electron chi connectivity index (χ3n) is 7.31. The van der Waals surface area contributed by atoms with Crippen molar-refractivity contribution in [3.8, 4) is 28.4 Å². The lowest BCUT2D eigenvalue weighted by Gasteiger charge is -2.39. The van der Waals surface area contributed by atoms with Crippen molar-refractivity contribution in [2.24, 2.45) is 0 Å². The highest BCUT2D eigenvalue weighted by atomic mass is 16.5. The molecule has 0 aliphatic rings. The van der Waals surface area contributed by atoms with Crippen LogP contribution in [0.2, 0.25) is 0 Å². The first-order chi connectivity index (χ1) is 19.7. The summed E-state index contributed by atoms with van der Waals surface area (Å²) in [6.45, 7) is 14.3. The smallest absolute Gasteiger partial charge is 0.204 e. The van der Waals surface area contributed by atoms with Gasteiger partial charge in [-0.15, -0.1) is 0 Å². The van der Waals surface area contributed by atoms with Crippen molar-refractivity contribution < 1.29 is 33.8 Å². The number of hydrogen-bond donors (Lipinski definition) is 2. The van der Waals surface area contributed by atoms with Crippen LogP contribution in [0.25, 0.3) is 22.1 Å². The Bertz CT molecular complexity index is 1230. The molecule has 0 spiro atoms. The fourth-order valence-electron chi connectivity index (χ4n) is 4.92. The average molecular weight is 570 g/mol. The molecule has 1 aromatic heterocycles. The van der Waals surface area contributed by atoms with Gasteiger partial charge >= 0.3 is 0 Å². The van der Waals surface area contributed by atoms with Crippen molar-refractivity contribution in [3.05, 3.63) is 52.9 Å². The standard InChI is InChI=1S/C17H12O7.C16H36N/c18-10-3-1-9(2-4-10)12-7-24-14-6-11(23-8-15(20)21)5-13(19)16(14)17(12)22;1-5-9-13-17(14-10-6-2,15-11-7-3)16-12-8-4/h1-7,18-19H,8H2,(H,20,21);5-16H2,1-4H3/q;+1/p-1. The Morgan fingerprint density at radius 2 is 1.37 bits per heavy atom. The highest BCUT2D eigenvalue weighted by molar-refractivity contribution is 5.88. The van der Waals surface area contributed by atoms with Gasteiger partial charge in [0.05, 0.1) is 37.7 Å². The van der Waals surface area contributed by atoms with E-state index in [1.165, 1.54) is 106 Å². The molecule has 8 heteroatoms. The summed E-state index contributed by atoms with van der Waals surface area (Å²) in [7, 11) is 0. The predicted octanol–water partition coefficient (Wildman–Crippen LogP) is 6.00. The van der Waals surface area contributed by atoms with E-state index in [4.69, 9.17) is 9.15 Å². The zero-order chi connectivity index (χ0) is 30.3. The highest BCUT2D eigenvalue weighted by Crippen LogP contribution is 2.30. The van der Waals surface area contributed by atoms with Gasteiger partial charge in [0.25, 0.3) is 0 Å². The van der Waals surface area contributed by atoms with E-state index in [1.807, 2.05) is 0 Å². The molecule has 0 aliphatic carbocycles. The summed E-state index contributed by atoms with van der Waals surface area (Å²) in [5.41, 5.74) is 0.308. The zero-order valence-corrected chi connectivity index (χ0v) is 25.1. The molecule has 0 fully saturated rings. The molecule has 226 valence electrons. The Hall–Kier alpha value is -3.52. The van der Waals surface area contributed by atoms with E-state index < -0.39 is 23.8 Å². The van der Waals surface area contributed by atoms with Crippen LogP contribution in [0, 0.1) is 0 Å². The van der Waals surface area contributed by atoms with Gasteiger partial charge in [0.2, 0.25) is 5.43 Å². The van der Waals surface area contributed by atoms with Gasteiger partial charge in [0.15, 0.2) is 0 Å². The van der Waals surface area contributed by atoms with Crippen LogP contribution in [0.15, 0.2) is 51.9 Å². The lowest BCUT2D eigenvalue weighted by atomic mass is 10.0.